The van der Waals surface area contributed by atoms with Crippen LogP contribution in [0.4, 0.5) is 10.5 Å². The van der Waals surface area contributed by atoms with Gasteiger partial charge in [0.1, 0.15) is 12.6 Å². The zero-order valence-corrected chi connectivity index (χ0v) is 18.4. The molecule has 0 radical (unpaired) electrons. The first-order chi connectivity index (χ1) is 14.9. The van der Waals surface area contributed by atoms with Crippen molar-refractivity contribution in [1.29, 1.82) is 0 Å². The summed E-state index contributed by atoms with van der Waals surface area (Å²) in [5.41, 5.74) is 8.49. The van der Waals surface area contributed by atoms with E-state index in [0.29, 0.717) is 12.2 Å². The van der Waals surface area contributed by atoms with Crippen LogP contribution in [0.15, 0.2) is 54.6 Å². The number of anilines is 1. The van der Waals surface area contributed by atoms with E-state index in [9.17, 15) is 9.59 Å². The number of nitrogens with two attached hydrogens (primary N) is 1. The second-order valence-corrected chi connectivity index (χ2v) is 9.08. The first-order valence-electron chi connectivity index (χ1n) is 10.9. The summed E-state index contributed by atoms with van der Waals surface area (Å²) < 4.78 is 5.38. The second-order valence-electron chi connectivity index (χ2n) is 9.08. The summed E-state index contributed by atoms with van der Waals surface area (Å²) in [5, 5.41) is 5.78. The number of rotatable bonds is 7. The number of benzene rings is 2. The summed E-state index contributed by atoms with van der Waals surface area (Å²) in [7, 11) is 0. The minimum Gasteiger partial charge on any atom is -0.445 e. The van der Waals surface area contributed by atoms with E-state index >= 15 is 0 Å². The van der Waals surface area contributed by atoms with Crippen LogP contribution in [0.25, 0.3) is 0 Å². The molecule has 6 nitrogen and oxygen atoms in total. The second kappa shape index (κ2) is 10.4. The molecule has 31 heavy (non-hydrogen) atoms. The lowest BCUT2D eigenvalue weighted by Gasteiger charge is -2.37. The van der Waals surface area contributed by atoms with Crippen molar-refractivity contribution < 1.29 is 14.3 Å². The number of carbonyl (C=O) groups excluding carboxylic acids is 2. The average molecular weight is 424 g/mol. The lowest BCUT2D eigenvalue weighted by atomic mass is 9.71. The molecule has 1 saturated carbocycles. The number of nitrogens with one attached hydrogen (secondary N) is 2. The van der Waals surface area contributed by atoms with Crippen molar-refractivity contribution in [3.63, 3.8) is 0 Å². The highest BCUT2D eigenvalue weighted by atomic mass is 16.5. The number of hydrogen-bond donors (Lipinski definition) is 3. The molecule has 1 aliphatic rings. The van der Waals surface area contributed by atoms with Crippen LogP contribution in [0.3, 0.4) is 0 Å². The Hall–Kier alpha value is -2.86. The first-order valence-corrected chi connectivity index (χ1v) is 10.9. The van der Waals surface area contributed by atoms with E-state index in [1.165, 1.54) is 0 Å². The largest absolute Gasteiger partial charge is 0.445 e. The highest BCUT2D eigenvalue weighted by molar-refractivity contribution is 5.96. The van der Waals surface area contributed by atoms with Crippen LogP contribution in [-0.4, -0.2) is 18.0 Å². The van der Waals surface area contributed by atoms with Gasteiger partial charge >= 0.3 is 6.09 Å². The summed E-state index contributed by atoms with van der Waals surface area (Å²) in [6.45, 7) is 5.06. The van der Waals surface area contributed by atoms with Gasteiger partial charge in [0.05, 0.1) is 0 Å². The molecule has 0 aliphatic heterocycles. The molecule has 2 amide bonds. The van der Waals surface area contributed by atoms with Gasteiger partial charge in [0.2, 0.25) is 5.91 Å². The van der Waals surface area contributed by atoms with E-state index in [2.05, 4.69) is 24.5 Å². The fraction of sp³-hybridized carbons (Fsp3) is 0.440. The summed E-state index contributed by atoms with van der Waals surface area (Å²) in [4.78, 5) is 25.7. The minimum absolute atomic E-state index is 0.0648. The van der Waals surface area contributed by atoms with Gasteiger partial charge in [0.25, 0.3) is 0 Å². The molecule has 0 aromatic heterocycles. The van der Waals surface area contributed by atoms with Gasteiger partial charge in [-0.15, -0.1) is 0 Å². The topological polar surface area (TPSA) is 93.4 Å². The van der Waals surface area contributed by atoms with Gasteiger partial charge in [-0.25, -0.2) is 4.79 Å². The van der Waals surface area contributed by atoms with E-state index in [-0.39, 0.29) is 23.8 Å². The van der Waals surface area contributed by atoms with Crippen molar-refractivity contribution >= 4 is 17.7 Å². The van der Waals surface area contributed by atoms with Gasteiger partial charge in [0.15, 0.2) is 0 Å². The van der Waals surface area contributed by atoms with Gasteiger partial charge < -0.3 is 21.1 Å². The summed E-state index contributed by atoms with van der Waals surface area (Å²) in [5.74, 6) is -0.162. The zero-order chi connectivity index (χ0) is 22.3. The molecule has 4 N–H and O–H groups in total. The quantitative estimate of drug-likeness (QED) is 0.607. The van der Waals surface area contributed by atoms with Crippen molar-refractivity contribution in [2.75, 3.05) is 5.32 Å². The number of amides is 2. The molecule has 0 heterocycles. The lowest BCUT2D eigenvalue weighted by molar-refractivity contribution is -0.119. The Labute approximate surface area is 184 Å². The molecule has 0 saturated heterocycles. The normalized spacial score (nSPS) is 16.9. The highest BCUT2D eigenvalue weighted by Crippen LogP contribution is 2.39. The smallest absolute Gasteiger partial charge is 0.408 e. The number of hydrogen-bond acceptors (Lipinski definition) is 4. The van der Waals surface area contributed by atoms with E-state index in [4.69, 9.17) is 10.5 Å². The highest BCUT2D eigenvalue weighted by Gasteiger charge is 2.36. The zero-order valence-electron chi connectivity index (χ0n) is 18.4. The molecule has 3 rings (SSSR count). The van der Waals surface area contributed by atoms with Crippen LogP contribution >= 0.6 is 0 Å². The Kier molecular flexibility index (Phi) is 7.69. The molecule has 2 aromatic carbocycles. The van der Waals surface area contributed by atoms with E-state index in [1.54, 1.807) is 0 Å². The molecule has 2 aromatic rings. The Morgan fingerprint density at radius 1 is 1.06 bits per heavy atom. The van der Waals surface area contributed by atoms with Gasteiger partial charge in [0, 0.05) is 12.2 Å². The van der Waals surface area contributed by atoms with Crippen LogP contribution in [0.2, 0.25) is 0 Å². The molecular formula is C25H33N3O3. The number of carbonyl (C=O) groups is 2. The first kappa shape index (κ1) is 22.8. The Balaban J connectivity index is 1.67. The summed E-state index contributed by atoms with van der Waals surface area (Å²) >= 11 is 0. The fourth-order valence-electron chi connectivity index (χ4n) is 4.04. The maximum Gasteiger partial charge on any atom is 0.408 e. The Morgan fingerprint density at radius 2 is 1.74 bits per heavy atom. The third-order valence-corrected chi connectivity index (χ3v) is 6.05. The Morgan fingerprint density at radius 3 is 2.42 bits per heavy atom. The van der Waals surface area contributed by atoms with Crippen molar-refractivity contribution in [1.82, 2.24) is 5.32 Å². The molecule has 0 bridgehead atoms. The van der Waals surface area contributed by atoms with Crippen LogP contribution in [0.5, 0.6) is 0 Å². The van der Waals surface area contributed by atoms with Crippen LogP contribution < -0.4 is 16.4 Å². The molecule has 6 heteroatoms. The maximum atomic E-state index is 13.2. The summed E-state index contributed by atoms with van der Waals surface area (Å²) in [6.07, 6.45) is 3.22. The number of alkyl carbamates (subject to hydrolysis) is 1. The van der Waals surface area contributed by atoms with Gasteiger partial charge in [-0.05, 0) is 60.3 Å². The molecule has 1 fully saturated rings. The molecular weight excluding hydrogens is 390 g/mol. The van der Waals surface area contributed by atoms with Crippen molar-refractivity contribution in [3.05, 3.63) is 65.7 Å². The third-order valence-electron chi connectivity index (χ3n) is 6.05. The van der Waals surface area contributed by atoms with Crippen molar-refractivity contribution in [2.45, 2.75) is 58.7 Å². The third kappa shape index (κ3) is 6.82. The van der Waals surface area contributed by atoms with Gasteiger partial charge in [-0.1, -0.05) is 56.3 Å². The monoisotopic (exact) mass is 423 g/mol. The van der Waals surface area contributed by atoms with Crippen LogP contribution in [-0.2, 0) is 22.7 Å². The molecule has 166 valence electrons. The van der Waals surface area contributed by atoms with Gasteiger partial charge in [-0.2, -0.15) is 0 Å². The molecule has 0 spiro atoms. The van der Waals surface area contributed by atoms with Crippen molar-refractivity contribution in [2.24, 2.45) is 17.1 Å². The number of ether oxygens (including phenoxy) is 1. The fourth-order valence-corrected chi connectivity index (χ4v) is 4.04. The average Bonchev–Trinajstić information content (AvgIpc) is 2.77. The summed E-state index contributed by atoms with van der Waals surface area (Å²) in [6, 6.07) is 16.3. The van der Waals surface area contributed by atoms with Gasteiger partial charge in [-0.3, -0.25) is 4.79 Å². The van der Waals surface area contributed by atoms with E-state index < -0.39 is 12.1 Å². The lowest BCUT2D eigenvalue weighted by Crippen LogP contribution is -2.50. The van der Waals surface area contributed by atoms with Crippen LogP contribution in [0.1, 0.15) is 50.7 Å². The Bertz CT molecular complexity index is 873. The van der Waals surface area contributed by atoms with E-state index in [0.717, 1.165) is 36.8 Å². The molecule has 0 unspecified atom stereocenters. The SMILES string of the molecule is CC1(C)CCC([C@@H](NC(=O)OCc2ccccc2)C(=O)Nc2cccc(CN)c2)CC1. The molecule has 1 aliphatic carbocycles. The predicted octanol–water partition coefficient (Wildman–Crippen LogP) is 4.60. The molecule has 1 atom stereocenters. The van der Waals surface area contributed by atoms with E-state index in [1.807, 2.05) is 54.6 Å². The minimum atomic E-state index is -0.652. The standard InChI is InChI=1S/C25H33N3O3/c1-25(2)13-11-20(12-14-25)22(23(29)27-21-10-6-9-19(15-21)16-26)28-24(30)31-17-18-7-4-3-5-8-18/h3-10,15,20,22H,11-14,16-17,26H2,1-2H3,(H,27,29)(H,28,30)/t22-/m1/s1. The maximum absolute atomic E-state index is 13.2. The predicted molar refractivity (Wildman–Crippen MR) is 122 cm³/mol. The van der Waals surface area contributed by atoms with Crippen molar-refractivity contribution in [3.8, 4) is 0 Å². The van der Waals surface area contributed by atoms with Crippen LogP contribution in [0, 0.1) is 11.3 Å².